The Labute approximate surface area is 186 Å². The van der Waals surface area contributed by atoms with Crippen molar-refractivity contribution in [3.05, 3.63) is 71.3 Å². The molecule has 8 heteroatoms. The summed E-state index contributed by atoms with van der Waals surface area (Å²) in [4.78, 5) is 25.0. The SMILES string of the molecule is CC1(C)O[C@@H]2[C@@H](CNC(=O)c3ccc(C#N)cc3)OC[C@]2(CNC(=O)c2ccccc2)O1. The molecule has 0 aliphatic carbocycles. The Bertz CT molecular complexity index is 1030. The van der Waals surface area contributed by atoms with Gasteiger partial charge in [-0.15, -0.1) is 0 Å². The van der Waals surface area contributed by atoms with Gasteiger partial charge in [-0.3, -0.25) is 9.59 Å². The van der Waals surface area contributed by atoms with E-state index in [1.807, 2.05) is 26.0 Å². The van der Waals surface area contributed by atoms with Gasteiger partial charge in [-0.25, -0.2) is 0 Å². The third-order valence-electron chi connectivity index (χ3n) is 5.58. The quantitative estimate of drug-likeness (QED) is 0.718. The fourth-order valence-corrected chi connectivity index (χ4v) is 4.11. The van der Waals surface area contributed by atoms with E-state index in [0.717, 1.165) is 0 Å². The summed E-state index contributed by atoms with van der Waals surface area (Å²) >= 11 is 0. The Hall–Kier alpha value is -3.25. The van der Waals surface area contributed by atoms with Crippen LogP contribution in [-0.2, 0) is 14.2 Å². The first kappa shape index (κ1) is 22.0. The maximum Gasteiger partial charge on any atom is 0.251 e. The van der Waals surface area contributed by atoms with Crippen LogP contribution in [0.1, 0.15) is 40.1 Å². The number of nitrogens with one attached hydrogen (secondary N) is 2. The Morgan fingerprint density at radius 1 is 1.03 bits per heavy atom. The molecule has 0 bridgehead atoms. The number of ether oxygens (including phenoxy) is 3. The van der Waals surface area contributed by atoms with Crippen LogP contribution in [-0.4, -0.2) is 55.1 Å². The van der Waals surface area contributed by atoms with Crippen LogP contribution in [0, 0.1) is 11.3 Å². The topological polar surface area (TPSA) is 110 Å². The van der Waals surface area contributed by atoms with E-state index in [-0.39, 0.29) is 31.5 Å². The zero-order valence-electron chi connectivity index (χ0n) is 18.0. The molecule has 2 amide bonds. The number of hydrogen-bond donors (Lipinski definition) is 2. The lowest BCUT2D eigenvalue weighted by Crippen LogP contribution is -2.52. The van der Waals surface area contributed by atoms with Crippen LogP contribution >= 0.6 is 0 Å². The van der Waals surface area contributed by atoms with Crippen LogP contribution in [0.3, 0.4) is 0 Å². The fourth-order valence-electron chi connectivity index (χ4n) is 4.11. The molecule has 2 fully saturated rings. The van der Waals surface area contributed by atoms with E-state index in [1.165, 1.54) is 0 Å². The van der Waals surface area contributed by atoms with Gasteiger partial charge < -0.3 is 24.8 Å². The third-order valence-corrected chi connectivity index (χ3v) is 5.58. The molecular formula is C24H25N3O5. The van der Waals surface area contributed by atoms with Gasteiger partial charge in [0, 0.05) is 17.7 Å². The highest BCUT2D eigenvalue weighted by Crippen LogP contribution is 2.43. The third kappa shape index (κ3) is 4.50. The van der Waals surface area contributed by atoms with Crippen molar-refractivity contribution in [1.82, 2.24) is 10.6 Å². The highest BCUT2D eigenvalue weighted by atomic mass is 16.8. The van der Waals surface area contributed by atoms with Gasteiger partial charge in [-0.2, -0.15) is 5.26 Å². The van der Waals surface area contributed by atoms with Crippen molar-refractivity contribution in [3.8, 4) is 6.07 Å². The number of nitrogens with zero attached hydrogens (tertiary/aromatic N) is 1. The first-order valence-electron chi connectivity index (χ1n) is 10.4. The predicted octanol–water partition coefficient (Wildman–Crippen LogP) is 2.01. The molecule has 3 atom stereocenters. The lowest BCUT2D eigenvalue weighted by Gasteiger charge is -2.27. The molecule has 2 aromatic carbocycles. The zero-order valence-corrected chi connectivity index (χ0v) is 18.0. The number of benzene rings is 2. The van der Waals surface area contributed by atoms with Gasteiger partial charge in [0.2, 0.25) is 0 Å². The van der Waals surface area contributed by atoms with E-state index >= 15 is 0 Å². The largest absolute Gasteiger partial charge is 0.370 e. The summed E-state index contributed by atoms with van der Waals surface area (Å²) in [6, 6.07) is 17.4. The summed E-state index contributed by atoms with van der Waals surface area (Å²) in [7, 11) is 0. The van der Waals surface area contributed by atoms with Gasteiger partial charge in [0.1, 0.15) is 17.8 Å². The number of hydrogen-bond acceptors (Lipinski definition) is 6. The van der Waals surface area contributed by atoms with Gasteiger partial charge in [-0.05, 0) is 50.2 Å². The Morgan fingerprint density at radius 2 is 1.69 bits per heavy atom. The van der Waals surface area contributed by atoms with Crippen molar-refractivity contribution in [2.75, 3.05) is 19.7 Å². The molecule has 32 heavy (non-hydrogen) atoms. The van der Waals surface area contributed by atoms with Crippen molar-refractivity contribution < 1.29 is 23.8 Å². The van der Waals surface area contributed by atoms with Gasteiger partial charge in [0.15, 0.2) is 5.79 Å². The molecule has 2 saturated heterocycles. The normalized spacial score (nSPS) is 25.5. The average molecular weight is 435 g/mol. The van der Waals surface area contributed by atoms with Gasteiger partial charge in [0.25, 0.3) is 11.8 Å². The lowest BCUT2D eigenvalue weighted by atomic mass is 9.96. The number of carbonyl (C=O) groups excluding carboxylic acids is 2. The summed E-state index contributed by atoms with van der Waals surface area (Å²) in [5.74, 6) is -1.32. The van der Waals surface area contributed by atoms with Gasteiger partial charge in [0.05, 0.1) is 24.8 Å². The second-order valence-corrected chi connectivity index (χ2v) is 8.40. The predicted molar refractivity (Wildman–Crippen MR) is 115 cm³/mol. The van der Waals surface area contributed by atoms with E-state index in [4.69, 9.17) is 19.5 Å². The summed E-state index contributed by atoms with van der Waals surface area (Å²) in [5.41, 5.74) is 0.649. The molecule has 2 N–H and O–H groups in total. The van der Waals surface area contributed by atoms with Crippen molar-refractivity contribution in [1.29, 1.82) is 5.26 Å². The molecule has 0 unspecified atom stereocenters. The number of nitriles is 1. The fraction of sp³-hybridized carbons (Fsp3) is 0.375. The van der Waals surface area contributed by atoms with Crippen LogP contribution in [0.5, 0.6) is 0 Å². The monoisotopic (exact) mass is 435 g/mol. The molecule has 0 saturated carbocycles. The molecule has 2 heterocycles. The summed E-state index contributed by atoms with van der Waals surface area (Å²) in [6.45, 7) is 4.30. The first-order chi connectivity index (χ1) is 15.3. The highest BCUT2D eigenvalue weighted by Gasteiger charge is 2.61. The Morgan fingerprint density at radius 3 is 2.38 bits per heavy atom. The first-order valence-corrected chi connectivity index (χ1v) is 10.4. The summed E-state index contributed by atoms with van der Waals surface area (Å²) in [5, 5.41) is 14.7. The molecule has 0 radical (unpaired) electrons. The minimum Gasteiger partial charge on any atom is -0.370 e. The van der Waals surface area contributed by atoms with E-state index in [0.29, 0.717) is 16.7 Å². The van der Waals surface area contributed by atoms with Gasteiger partial charge in [-0.1, -0.05) is 18.2 Å². The van der Waals surface area contributed by atoms with E-state index in [9.17, 15) is 9.59 Å². The average Bonchev–Trinajstić information content (AvgIpc) is 3.26. The Kier molecular flexibility index (Phi) is 5.98. The number of fused-ring (bicyclic) bond motifs is 1. The highest BCUT2D eigenvalue weighted by molar-refractivity contribution is 5.94. The van der Waals surface area contributed by atoms with Crippen molar-refractivity contribution in [3.63, 3.8) is 0 Å². The standard InChI is InChI=1S/C24H25N3O5/c1-23(2)31-20-19(13-26-21(28)18-10-8-16(12-25)9-11-18)30-15-24(20,32-23)14-27-22(29)17-6-4-3-5-7-17/h3-11,19-20H,13-15H2,1-2H3,(H,26,28)(H,27,29)/t19-,20-,24+/m1/s1. The maximum atomic E-state index is 12.5. The number of carbonyl (C=O) groups is 2. The zero-order chi connectivity index (χ0) is 22.8. The van der Waals surface area contributed by atoms with Crippen molar-refractivity contribution in [2.24, 2.45) is 0 Å². The minimum absolute atomic E-state index is 0.204. The van der Waals surface area contributed by atoms with Crippen LogP contribution in [0.4, 0.5) is 0 Å². The van der Waals surface area contributed by atoms with E-state index < -0.39 is 23.6 Å². The van der Waals surface area contributed by atoms with E-state index in [1.54, 1.807) is 48.5 Å². The molecule has 8 nitrogen and oxygen atoms in total. The van der Waals surface area contributed by atoms with Crippen LogP contribution in [0.2, 0.25) is 0 Å². The second-order valence-electron chi connectivity index (χ2n) is 8.40. The second kappa shape index (κ2) is 8.71. The van der Waals surface area contributed by atoms with Crippen molar-refractivity contribution in [2.45, 2.75) is 37.4 Å². The molecule has 0 aromatic heterocycles. The number of rotatable bonds is 6. The molecule has 4 rings (SSSR count). The smallest absolute Gasteiger partial charge is 0.251 e. The molecule has 0 spiro atoms. The van der Waals surface area contributed by atoms with Crippen LogP contribution in [0.15, 0.2) is 54.6 Å². The Balaban J connectivity index is 1.40. The van der Waals surface area contributed by atoms with Crippen LogP contribution < -0.4 is 10.6 Å². The molecule has 2 aliphatic heterocycles. The van der Waals surface area contributed by atoms with Crippen molar-refractivity contribution >= 4 is 11.8 Å². The summed E-state index contributed by atoms with van der Waals surface area (Å²) in [6.07, 6.45) is -0.900. The molecular weight excluding hydrogens is 410 g/mol. The van der Waals surface area contributed by atoms with E-state index in [2.05, 4.69) is 10.6 Å². The number of amides is 2. The lowest BCUT2D eigenvalue weighted by molar-refractivity contribution is -0.188. The molecule has 2 aliphatic rings. The summed E-state index contributed by atoms with van der Waals surface area (Å²) < 4.78 is 18.2. The maximum absolute atomic E-state index is 12.5. The molecule has 2 aromatic rings. The molecule has 166 valence electrons. The van der Waals surface area contributed by atoms with Crippen LogP contribution in [0.25, 0.3) is 0 Å². The van der Waals surface area contributed by atoms with Gasteiger partial charge >= 0.3 is 0 Å². The minimum atomic E-state index is -0.849.